The van der Waals surface area contributed by atoms with Gasteiger partial charge in [-0.1, -0.05) is 25.6 Å². The number of carbonyl (C=O) groups is 1. The lowest BCUT2D eigenvalue weighted by Crippen LogP contribution is -2.18. The molecule has 0 bridgehead atoms. The molecule has 3 heteroatoms. The molecule has 1 unspecified atom stereocenters. The maximum atomic E-state index is 10.5. The Hall–Kier alpha value is -0.753. The van der Waals surface area contributed by atoms with Crippen molar-refractivity contribution < 1.29 is 9.53 Å². The number of ether oxygens (including phenoxy) is 1. The average molecular weight is 184 g/mol. The highest BCUT2D eigenvalue weighted by Crippen LogP contribution is 1.97. The van der Waals surface area contributed by atoms with Gasteiger partial charge in [0, 0.05) is 6.92 Å². The highest BCUT2D eigenvalue weighted by Gasteiger charge is 2.08. The van der Waals surface area contributed by atoms with Crippen LogP contribution in [0.3, 0.4) is 0 Å². The molecule has 0 fully saturated rings. The fourth-order valence-corrected chi connectivity index (χ4v) is 1.23. The first-order valence-electron chi connectivity index (χ1n) is 4.01. The Morgan fingerprint density at radius 3 is 2.25 bits per heavy atom. The Balaban J connectivity index is 4.04. The molecule has 0 amide bonds. The van der Waals surface area contributed by atoms with Gasteiger partial charge in [0.25, 0.3) is 0 Å². The zero-order valence-corrected chi connectivity index (χ0v) is 9.39. The van der Waals surface area contributed by atoms with E-state index in [0.29, 0.717) is 0 Å². The van der Waals surface area contributed by atoms with Gasteiger partial charge in [-0.05, 0) is 6.92 Å². The summed E-state index contributed by atoms with van der Waals surface area (Å²) in [7, 11) is -1.32. The van der Waals surface area contributed by atoms with Crippen molar-refractivity contribution in [2.45, 2.75) is 39.6 Å². The van der Waals surface area contributed by atoms with Crippen molar-refractivity contribution >= 4 is 14.0 Å². The van der Waals surface area contributed by atoms with Crippen molar-refractivity contribution in [3.8, 4) is 11.5 Å². The Morgan fingerprint density at radius 2 is 1.92 bits per heavy atom. The zero-order valence-electron chi connectivity index (χ0n) is 8.39. The quantitative estimate of drug-likeness (QED) is 0.353. The number of rotatable bonds is 1. The van der Waals surface area contributed by atoms with Gasteiger partial charge < -0.3 is 4.74 Å². The molecule has 0 aromatic carbocycles. The first-order chi connectivity index (χ1) is 5.31. The molecule has 1 atom stereocenters. The van der Waals surface area contributed by atoms with Crippen LogP contribution in [0.2, 0.25) is 19.6 Å². The molecule has 0 aliphatic heterocycles. The number of esters is 1. The second kappa shape index (κ2) is 4.32. The Kier molecular flexibility index (Phi) is 4.05. The smallest absolute Gasteiger partial charge is 0.303 e. The van der Waals surface area contributed by atoms with Crippen LogP contribution in [0, 0.1) is 11.5 Å². The largest absolute Gasteiger partial charge is 0.450 e. The van der Waals surface area contributed by atoms with Crippen LogP contribution in [-0.2, 0) is 9.53 Å². The first kappa shape index (κ1) is 11.2. The van der Waals surface area contributed by atoms with E-state index in [1.165, 1.54) is 6.92 Å². The summed E-state index contributed by atoms with van der Waals surface area (Å²) in [6, 6.07) is 0. The van der Waals surface area contributed by atoms with Gasteiger partial charge in [-0.3, -0.25) is 4.79 Å². The molecule has 0 saturated carbocycles. The van der Waals surface area contributed by atoms with E-state index in [9.17, 15) is 4.79 Å². The SMILES string of the molecule is CC(=O)OC(C)C#C[Si](C)(C)C. The fraction of sp³-hybridized carbons (Fsp3) is 0.667. The highest BCUT2D eigenvalue weighted by atomic mass is 28.3. The summed E-state index contributed by atoms with van der Waals surface area (Å²) in [5, 5.41) is 0. The van der Waals surface area contributed by atoms with Gasteiger partial charge in [0.15, 0.2) is 6.10 Å². The molecular formula is C9H16O2Si. The zero-order chi connectivity index (χ0) is 9.78. The van der Waals surface area contributed by atoms with Crippen LogP contribution >= 0.6 is 0 Å². The molecule has 0 saturated heterocycles. The van der Waals surface area contributed by atoms with E-state index in [4.69, 9.17) is 4.74 Å². The van der Waals surface area contributed by atoms with Crippen LogP contribution in [0.15, 0.2) is 0 Å². The van der Waals surface area contributed by atoms with E-state index >= 15 is 0 Å². The second-order valence-corrected chi connectivity index (χ2v) is 8.52. The molecule has 0 spiro atoms. The highest BCUT2D eigenvalue weighted by molar-refractivity contribution is 6.83. The number of hydrogen-bond donors (Lipinski definition) is 0. The van der Waals surface area contributed by atoms with E-state index in [0.717, 1.165) is 0 Å². The summed E-state index contributed by atoms with van der Waals surface area (Å²) in [5.41, 5.74) is 3.14. The number of hydrogen-bond acceptors (Lipinski definition) is 2. The summed E-state index contributed by atoms with van der Waals surface area (Å²) in [4.78, 5) is 10.5. The lowest BCUT2D eigenvalue weighted by atomic mass is 10.4. The first-order valence-corrected chi connectivity index (χ1v) is 7.51. The molecule has 0 heterocycles. The summed E-state index contributed by atoms with van der Waals surface area (Å²) >= 11 is 0. The summed E-state index contributed by atoms with van der Waals surface area (Å²) in [5.74, 6) is 2.65. The van der Waals surface area contributed by atoms with Crippen molar-refractivity contribution in [1.82, 2.24) is 0 Å². The fourth-order valence-electron chi connectivity index (χ4n) is 0.597. The van der Waals surface area contributed by atoms with Crippen LogP contribution in [0.5, 0.6) is 0 Å². The lowest BCUT2D eigenvalue weighted by Gasteiger charge is -2.07. The predicted molar refractivity (Wildman–Crippen MR) is 52.4 cm³/mol. The molecule has 0 rings (SSSR count). The van der Waals surface area contributed by atoms with Gasteiger partial charge in [-0.2, -0.15) is 0 Å². The van der Waals surface area contributed by atoms with Gasteiger partial charge in [-0.15, -0.1) is 5.54 Å². The number of carbonyl (C=O) groups excluding carboxylic acids is 1. The molecule has 0 aliphatic carbocycles. The van der Waals surface area contributed by atoms with Gasteiger partial charge >= 0.3 is 5.97 Å². The minimum absolute atomic E-state index is 0.269. The van der Waals surface area contributed by atoms with Crippen molar-refractivity contribution in [2.75, 3.05) is 0 Å². The van der Waals surface area contributed by atoms with Gasteiger partial charge in [0.1, 0.15) is 8.07 Å². The van der Waals surface area contributed by atoms with Crippen LogP contribution < -0.4 is 0 Å². The Labute approximate surface area is 75.3 Å². The normalized spacial score (nSPS) is 12.8. The van der Waals surface area contributed by atoms with Crippen molar-refractivity contribution in [3.05, 3.63) is 0 Å². The Bertz CT molecular complexity index is 217. The van der Waals surface area contributed by atoms with Gasteiger partial charge in [0.05, 0.1) is 0 Å². The van der Waals surface area contributed by atoms with Crippen molar-refractivity contribution in [3.63, 3.8) is 0 Å². The van der Waals surface area contributed by atoms with Crippen LogP contribution in [0.4, 0.5) is 0 Å². The predicted octanol–water partition coefficient (Wildman–Crippen LogP) is 1.82. The van der Waals surface area contributed by atoms with Crippen LogP contribution in [0.25, 0.3) is 0 Å². The molecular weight excluding hydrogens is 168 g/mol. The lowest BCUT2D eigenvalue weighted by molar-refractivity contribution is -0.143. The van der Waals surface area contributed by atoms with E-state index in [2.05, 4.69) is 31.1 Å². The monoisotopic (exact) mass is 184 g/mol. The van der Waals surface area contributed by atoms with E-state index in [1.807, 2.05) is 0 Å². The standard InChI is InChI=1S/C9H16O2Si/c1-8(11-9(2)10)6-7-12(3,4)5/h8H,1-5H3. The van der Waals surface area contributed by atoms with Crippen LogP contribution in [-0.4, -0.2) is 20.1 Å². The molecule has 0 radical (unpaired) electrons. The third-order valence-corrected chi connectivity index (χ3v) is 1.89. The maximum absolute atomic E-state index is 10.5. The van der Waals surface area contributed by atoms with E-state index in [-0.39, 0.29) is 12.1 Å². The van der Waals surface area contributed by atoms with E-state index in [1.54, 1.807) is 6.92 Å². The molecule has 12 heavy (non-hydrogen) atoms. The molecule has 2 nitrogen and oxygen atoms in total. The maximum Gasteiger partial charge on any atom is 0.303 e. The molecule has 0 aromatic rings. The minimum atomic E-state index is -1.32. The average Bonchev–Trinajstić information content (AvgIpc) is 1.80. The Morgan fingerprint density at radius 1 is 1.42 bits per heavy atom. The molecule has 0 aromatic heterocycles. The third-order valence-electron chi connectivity index (χ3n) is 0.993. The topological polar surface area (TPSA) is 26.3 Å². The third kappa shape index (κ3) is 7.36. The summed E-state index contributed by atoms with van der Waals surface area (Å²) < 4.78 is 4.86. The van der Waals surface area contributed by atoms with Gasteiger partial charge in [0.2, 0.25) is 0 Å². The van der Waals surface area contributed by atoms with Crippen molar-refractivity contribution in [1.29, 1.82) is 0 Å². The molecule has 0 aliphatic rings. The minimum Gasteiger partial charge on any atom is -0.450 e. The van der Waals surface area contributed by atoms with Crippen LogP contribution in [0.1, 0.15) is 13.8 Å². The summed E-state index contributed by atoms with van der Waals surface area (Å²) in [6.07, 6.45) is -0.269. The molecule has 0 N–H and O–H groups in total. The van der Waals surface area contributed by atoms with Crippen molar-refractivity contribution in [2.24, 2.45) is 0 Å². The summed E-state index contributed by atoms with van der Waals surface area (Å²) in [6.45, 7) is 9.64. The van der Waals surface area contributed by atoms with E-state index < -0.39 is 8.07 Å². The van der Waals surface area contributed by atoms with Gasteiger partial charge in [-0.25, -0.2) is 0 Å². The second-order valence-electron chi connectivity index (χ2n) is 3.77. The molecule has 68 valence electrons.